The molecule has 104 valence electrons. The van der Waals surface area contributed by atoms with Crippen molar-refractivity contribution in [1.82, 2.24) is 5.32 Å². The summed E-state index contributed by atoms with van der Waals surface area (Å²) in [6.07, 6.45) is 2.52. The molecule has 1 aliphatic rings. The number of carbonyl (C=O) groups is 1. The minimum atomic E-state index is -0.403. The van der Waals surface area contributed by atoms with Gasteiger partial charge in [0.2, 0.25) is 0 Å². The van der Waals surface area contributed by atoms with Crippen molar-refractivity contribution in [3.8, 4) is 5.75 Å². The SMILES string of the molecule is COC(=O)CCOc1ccc(CNC2CC2)cc1F. The molecule has 19 heavy (non-hydrogen) atoms. The van der Waals surface area contributed by atoms with Crippen molar-refractivity contribution in [2.45, 2.75) is 31.8 Å². The number of hydrogen-bond donors (Lipinski definition) is 1. The summed E-state index contributed by atoms with van der Waals surface area (Å²) in [4.78, 5) is 10.9. The first-order valence-electron chi connectivity index (χ1n) is 6.40. The van der Waals surface area contributed by atoms with E-state index in [0.29, 0.717) is 12.6 Å². The smallest absolute Gasteiger partial charge is 0.308 e. The average molecular weight is 267 g/mol. The van der Waals surface area contributed by atoms with Gasteiger partial charge in [-0.1, -0.05) is 6.07 Å². The van der Waals surface area contributed by atoms with Crippen LogP contribution >= 0.6 is 0 Å². The van der Waals surface area contributed by atoms with Crippen LogP contribution in [0, 0.1) is 5.82 Å². The van der Waals surface area contributed by atoms with Crippen molar-refractivity contribution in [1.29, 1.82) is 0 Å². The van der Waals surface area contributed by atoms with E-state index in [0.717, 1.165) is 5.56 Å². The number of ether oxygens (including phenoxy) is 2. The third-order valence-electron chi connectivity index (χ3n) is 2.96. The maximum atomic E-state index is 13.7. The summed E-state index contributed by atoms with van der Waals surface area (Å²) in [6.45, 7) is 0.785. The quantitative estimate of drug-likeness (QED) is 0.768. The Labute approximate surface area is 111 Å². The van der Waals surface area contributed by atoms with Crippen LogP contribution in [-0.4, -0.2) is 25.7 Å². The third kappa shape index (κ3) is 4.52. The molecule has 0 saturated heterocycles. The first kappa shape index (κ1) is 13.8. The van der Waals surface area contributed by atoms with E-state index in [2.05, 4.69) is 10.1 Å². The van der Waals surface area contributed by atoms with Gasteiger partial charge in [-0.3, -0.25) is 4.79 Å². The molecule has 0 aliphatic heterocycles. The Morgan fingerprint density at radius 2 is 2.26 bits per heavy atom. The molecular weight excluding hydrogens is 249 g/mol. The van der Waals surface area contributed by atoms with E-state index >= 15 is 0 Å². The largest absolute Gasteiger partial charge is 0.490 e. The number of benzene rings is 1. The van der Waals surface area contributed by atoms with Gasteiger partial charge in [-0.25, -0.2) is 4.39 Å². The molecule has 1 aromatic carbocycles. The van der Waals surface area contributed by atoms with E-state index in [-0.39, 0.29) is 24.7 Å². The fourth-order valence-electron chi connectivity index (χ4n) is 1.67. The summed E-state index contributed by atoms with van der Waals surface area (Å²) in [5.74, 6) is -0.607. The maximum absolute atomic E-state index is 13.7. The first-order valence-corrected chi connectivity index (χ1v) is 6.40. The molecule has 4 nitrogen and oxygen atoms in total. The number of nitrogens with one attached hydrogen (secondary N) is 1. The monoisotopic (exact) mass is 267 g/mol. The second-order valence-corrected chi connectivity index (χ2v) is 4.59. The lowest BCUT2D eigenvalue weighted by molar-refractivity contribution is -0.141. The second-order valence-electron chi connectivity index (χ2n) is 4.59. The van der Waals surface area contributed by atoms with E-state index in [1.54, 1.807) is 6.07 Å². The molecule has 0 unspecified atom stereocenters. The van der Waals surface area contributed by atoms with Crippen LogP contribution in [-0.2, 0) is 16.1 Å². The van der Waals surface area contributed by atoms with E-state index in [1.807, 2.05) is 6.07 Å². The normalized spacial score (nSPS) is 14.2. The average Bonchev–Trinajstić information content (AvgIpc) is 3.22. The fraction of sp³-hybridized carbons (Fsp3) is 0.500. The standard InChI is InChI=1S/C14H18FNO3/c1-18-14(17)6-7-19-13-5-2-10(8-12(13)15)9-16-11-3-4-11/h2,5,8,11,16H,3-4,6-7,9H2,1H3. The fourth-order valence-corrected chi connectivity index (χ4v) is 1.67. The van der Waals surface area contributed by atoms with Crippen molar-refractivity contribution in [3.63, 3.8) is 0 Å². The van der Waals surface area contributed by atoms with Gasteiger partial charge in [0.1, 0.15) is 0 Å². The minimum absolute atomic E-state index is 0.112. The molecule has 0 bridgehead atoms. The van der Waals surface area contributed by atoms with E-state index < -0.39 is 5.82 Å². The van der Waals surface area contributed by atoms with Crippen LogP contribution in [0.1, 0.15) is 24.8 Å². The summed E-state index contributed by atoms with van der Waals surface area (Å²) >= 11 is 0. The zero-order chi connectivity index (χ0) is 13.7. The van der Waals surface area contributed by atoms with Gasteiger partial charge in [-0.15, -0.1) is 0 Å². The highest BCUT2D eigenvalue weighted by Crippen LogP contribution is 2.21. The van der Waals surface area contributed by atoms with Crippen molar-refractivity contribution < 1.29 is 18.7 Å². The van der Waals surface area contributed by atoms with Crippen LogP contribution in [0.4, 0.5) is 4.39 Å². The van der Waals surface area contributed by atoms with Crippen molar-refractivity contribution in [2.24, 2.45) is 0 Å². The molecule has 1 N–H and O–H groups in total. The molecule has 0 spiro atoms. The predicted molar refractivity (Wildman–Crippen MR) is 68.4 cm³/mol. The van der Waals surface area contributed by atoms with Gasteiger partial charge in [0.15, 0.2) is 11.6 Å². The Morgan fingerprint density at radius 3 is 2.89 bits per heavy atom. The van der Waals surface area contributed by atoms with Gasteiger partial charge >= 0.3 is 5.97 Å². The molecule has 0 heterocycles. The molecular formula is C14H18FNO3. The summed E-state index contributed by atoms with van der Waals surface area (Å²) in [7, 11) is 1.31. The highest BCUT2D eigenvalue weighted by molar-refractivity contribution is 5.69. The minimum Gasteiger partial charge on any atom is -0.490 e. The zero-order valence-electron chi connectivity index (χ0n) is 10.9. The van der Waals surface area contributed by atoms with Gasteiger partial charge in [0, 0.05) is 12.6 Å². The van der Waals surface area contributed by atoms with Gasteiger partial charge in [-0.2, -0.15) is 0 Å². The lowest BCUT2D eigenvalue weighted by atomic mass is 10.2. The maximum Gasteiger partial charge on any atom is 0.308 e. The highest BCUT2D eigenvalue weighted by atomic mass is 19.1. The third-order valence-corrected chi connectivity index (χ3v) is 2.96. The number of methoxy groups -OCH3 is 1. The molecule has 0 radical (unpaired) electrons. The Kier molecular flexibility index (Phi) is 4.74. The molecule has 1 aliphatic carbocycles. The Balaban J connectivity index is 1.81. The van der Waals surface area contributed by atoms with Crippen LogP contribution in [0.15, 0.2) is 18.2 Å². The lowest BCUT2D eigenvalue weighted by Crippen LogP contribution is -2.15. The van der Waals surface area contributed by atoms with Gasteiger partial charge in [-0.05, 0) is 30.5 Å². The molecule has 5 heteroatoms. The lowest BCUT2D eigenvalue weighted by Gasteiger charge is -2.08. The van der Waals surface area contributed by atoms with Crippen LogP contribution in [0.5, 0.6) is 5.75 Å². The van der Waals surface area contributed by atoms with Crippen LogP contribution in [0.2, 0.25) is 0 Å². The number of hydrogen-bond acceptors (Lipinski definition) is 4. The van der Waals surface area contributed by atoms with Crippen molar-refractivity contribution in [2.75, 3.05) is 13.7 Å². The predicted octanol–water partition coefficient (Wildman–Crippen LogP) is 2.02. The van der Waals surface area contributed by atoms with Crippen molar-refractivity contribution >= 4 is 5.97 Å². The van der Waals surface area contributed by atoms with Crippen LogP contribution < -0.4 is 10.1 Å². The number of carbonyl (C=O) groups excluding carboxylic acids is 1. The second kappa shape index (κ2) is 6.52. The van der Waals surface area contributed by atoms with E-state index in [1.165, 1.54) is 26.0 Å². The molecule has 2 rings (SSSR count). The molecule has 0 amide bonds. The topological polar surface area (TPSA) is 47.6 Å². The highest BCUT2D eigenvalue weighted by Gasteiger charge is 2.20. The number of esters is 1. The summed E-state index contributed by atoms with van der Waals surface area (Å²) in [6, 6.07) is 5.48. The number of rotatable bonds is 7. The Morgan fingerprint density at radius 1 is 1.47 bits per heavy atom. The molecule has 1 saturated carbocycles. The van der Waals surface area contributed by atoms with E-state index in [4.69, 9.17) is 4.74 Å². The zero-order valence-corrected chi connectivity index (χ0v) is 10.9. The molecule has 1 fully saturated rings. The van der Waals surface area contributed by atoms with E-state index in [9.17, 15) is 9.18 Å². The Hall–Kier alpha value is -1.62. The van der Waals surface area contributed by atoms with Gasteiger partial charge < -0.3 is 14.8 Å². The van der Waals surface area contributed by atoms with Gasteiger partial charge in [0.05, 0.1) is 20.1 Å². The number of halogens is 1. The molecule has 0 aromatic heterocycles. The first-order chi connectivity index (χ1) is 9.19. The van der Waals surface area contributed by atoms with Crippen molar-refractivity contribution in [3.05, 3.63) is 29.6 Å². The Bertz CT molecular complexity index is 446. The van der Waals surface area contributed by atoms with Gasteiger partial charge in [0.25, 0.3) is 0 Å². The molecule has 1 aromatic rings. The van der Waals surface area contributed by atoms with Crippen LogP contribution in [0.25, 0.3) is 0 Å². The summed E-state index contributed by atoms with van der Waals surface area (Å²) < 4.78 is 23.4. The summed E-state index contributed by atoms with van der Waals surface area (Å²) in [5, 5.41) is 3.32. The van der Waals surface area contributed by atoms with Crippen LogP contribution in [0.3, 0.4) is 0 Å². The summed E-state index contributed by atoms with van der Waals surface area (Å²) in [5.41, 5.74) is 0.893. The molecule has 0 atom stereocenters.